The van der Waals surface area contributed by atoms with Crippen LogP contribution in [-0.2, 0) is 25.9 Å². The second-order valence-electron chi connectivity index (χ2n) is 10.4. The molecule has 0 atom stereocenters. The van der Waals surface area contributed by atoms with Crippen LogP contribution in [0, 0.1) is 0 Å². The van der Waals surface area contributed by atoms with Gasteiger partial charge in [-0.15, -0.1) is 0 Å². The zero-order valence-electron chi connectivity index (χ0n) is 25.0. The summed E-state index contributed by atoms with van der Waals surface area (Å²) in [4.78, 5) is 16.9. The van der Waals surface area contributed by atoms with E-state index in [1.165, 1.54) is 16.7 Å². The Kier molecular flexibility index (Phi) is 8.17. The van der Waals surface area contributed by atoms with Gasteiger partial charge in [0.15, 0.2) is 28.6 Å². The molecule has 3 aromatic carbocycles. The maximum atomic E-state index is 5.59. The molecule has 10 nitrogen and oxygen atoms in total. The highest BCUT2D eigenvalue weighted by molar-refractivity contribution is 5.75. The Balaban J connectivity index is 1.28. The van der Waals surface area contributed by atoms with Crippen LogP contribution in [0.1, 0.15) is 22.3 Å². The molecule has 0 fully saturated rings. The van der Waals surface area contributed by atoms with E-state index in [-0.39, 0.29) is 0 Å². The van der Waals surface area contributed by atoms with E-state index < -0.39 is 0 Å². The van der Waals surface area contributed by atoms with Crippen LogP contribution >= 0.6 is 0 Å². The van der Waals surface area contributed by atoms with Crippen molar-refractivity contribution < 1.29 is 18.9 Å². The molecule has 0 spiro atoms. The SMILES string of the molecule is COc1ccc(CCNc2ncc3nc(N4CCc5cc(OC)c(OC)cc5C4)n(Cc4ccccc4)c3n2)cc1OC. The molecule has 0 radical (unpaired) electrons. The fraction of sp³-hybridized carbons (Fsp3) is 0.303. The summed E-state index contributed by atoms with van der Waals surface area (Å²) in [5.41, 5.74) is 6.32. The summed E-state index contributed by atoms with van der Waals surface area (Å²) in [7, 11) is 6.62. The monoisotopic (exact) mass is 580 g/mol. The minimum Gasteiger partial charge on any atom is -0.493 e. The van der Waals surface area contributed by atoms with Crippen LogP contribution in [-0.4, -0.2) is 61.0 Å². The summed E-state index contributed by atoms with van der Waals surface area (Å²) in [5, 5.41) is 3.39. The summed E-state index contributed by atoms with van der Waals surface area (Å²) in [5.74, 6) is 4.35. The number of anilines is 2. The molecule has 0 amide bonds. The first-order chi connectivity index (χ1) is 21.1. The number of hydrogen-bond acceptors (Lipinski definition) is 9. The van der Waals surface area contributed by atoms with Crippen molar-refractivity contribution in [3.63, 3.8) is 0 Å². The first kappa shape index (κ1) is 28.1. The lowest BCUT2D eigenvalue weighted by Gasteiger charge is -2.30. The standard InChI is InChI=1S/C33H36N6O4/c1-40-27-11-10-22(16-28(27)41-2)12-14-34-32-35-19-26-31(37-32)39(20-23-8-6-5-7-9-23)33(36-26)38-15-13-24-17-29(42-3)30(43-4)18-25(24)21-38/h5-11,16-19H,12-15,20-21H2,1-4H3,(H,34,35,37). The number of fused-ring (bicyclic) bond motifs is 2. The van der Waals surface area contributed by atoms with Gasteiger partial charge in [0.1, 0.15) is 5.52 Å². The van der Waals surface area contributed by atoms with Gasteiger partial charge in [-0.3, -0.25) is 4.57 Å². The summed E-state index contributed by atoms with van der Waals surface area (Å²) in [6, 6.07) is 20.5. The van der Waals surface area contributed by atoms with Gasteiger partial charge in [0.2, 0.25) is 11.9 Å². The van der Waals surface area contributed by atoms with Crippen molar-refractivity contribution in [2.75, 3.05) is 51.7 Å². The number of nitrogens with one attached hydrogen (secondary N) is 1. The highest BCUT2D eigenvalue weighted by Crippen LogP contribution is 2.35. The van der Waals surface area contributed by atoms with Gasteiger partial charge < -0.3 is 29.2 Å². The molecule has 2 aromatic heterocycles. The van der Waals surface area contributed by atoms with Gasteiger partial charge in [-0.2, -0.15) is 4.98 Å². The molecule has 1 N–H and O–H groups in total. The molecule has 6 rings (SSSR count). The molecule has 0 bridgehead atoms. The third-order valence-corrected chi connectivity index (χ3v) is 7.80. The first-order valence-electron chi connectivity index (χ1n) is 14.3. The highest BCUT2D eigenvalue weighted by Gasteiger charge is 2.25. The van der Waals surface area contributed by atoms with Gasteiger partial charge in [0.05, 0.1) is 41.2 Å². The van der Waals surface area contributed by atoms with Crippen molar-refractivity contribution >= 4 is 23.1 Å². The third-order valence-electron chi connectivity index (χ3n) is 7.80. The Morgan fingerprint density at radius 2 is 1.49 bits per heavy atom. The maximum absolute atomic E-state index is 5.59. The van der Waals surface area contributed by atoms with Gasteiger partial charge in [-0.1, -0.05) is 36.4 Å². The topological polar surface area (TPSA) is 95.8 Å². The molecule has 1 aliphatic rings. The third kappa shape index (κ3) is 5.86. The number of imidazole rings is 1. The number of aromatic nitrogens is 4. The molecule has 3 heterocycles. The fourth-order valence-corrected chi connectivity index (χ4v) is 5.55. The smallest absolute Gasteiger partial charge is 0.224 e. The number of nitrogens with zero attached hydrogens (tertiary/aromatic N) is 5. The van der Waals surface area contributed by atoms with Crippen LogP contribution in [0.3, 0.4) is 0 Å². The molecular formula is C33H36N6O4. The minimum atomic E-state index is 0.564. The van der Waals surface area contributed by atoms with Crippen molar-refractivity contribution in [3.05, 3.63) is 89.1 Å². The Labute approximate surface area is 251 Å². The normalized spacial score (nSPS) is 12.6. The molecule has 222 valence electrons. The zero-order valence-corrected chi connectivity index (χ0v) is 25.0. The molecule has 5 aromatic rings. The molecule has 10 heteroatoms. The summed E-state index contributed by atoms with van der Waals surface area (Å²) >= 11 is 0. The van der Waals surface area contributed by atoms with Gasteiger partial charge in [-0.25, -0.2) is 9.97 Å². The first-order valence-corrected chi connectivity index (χ1v) is 14.3. The van der Waals surface area contributed by atoms with Crippen LogP contribution < -0.4 is 29.2 Å². The lowest BCUT2D eigenvalue weighted by atomic mass is 9.99. The second-order valence-corrected chi connectivity index (χ2v) is 10.4. The van der Waals surface area contributed by atoms with Crippen LogP contribution in [0.15, 0.2) is 66.9 Å². The van der Waals surface area contributed by atoms with E-state index in [2.05, 4.69) is 56.2 Å². The van der Waals surface area contributed by atoms with Crippen LogP contribution in [0.4, 0.5) is 11.9 Å². The zero-order chi connectivity index (χ0) is 29.8. The number of ether oxygens (including phenoxy) is 4. The highest BCUT2D eigenvalue weighted by atomic mass is 16.5. The Morgan fingerprint density at radius 1 is 0.767 bits per heavy atom. The van der Waals surface area contributed by atoms with Crippen LogP contribution in [0.2, 0.25) is 0 Å². The largest absolute Gasteiger partial charge is 0.493 e. The van der Waals surface area contributed by atoms with E-state index in [1.54, 1.807) is 34.6 Å². The van der Waals surface area contributed by atoms with Gasteiger partial charge in [0, 0.05) is 19.6 Å². The van der Waals surface area contributed by atoms with E-state index >= 15 is 0 Å². The number of hydrogen-bond donors (Lipinski definition) is 1. The lowest BCUT2D eigenvalue weighted by Crippen LogP contribution is -2.32. The molecular weight excluding hydrogens is 544 g/mol. The van der Waals surface area contributed by atoms with Crippen molar-refractivity contribution in [1.29, 1.82) is 0 Å². The molecule has 0 aliphatic carbocycles. The molecule has 0 saturated carbocycles. The lowest BCUT2D eigenvalue weighted by molar-refractivity contribution is 0.353. The van der Waals surface area contributed by atoms with Gasteiger partial charge >= 0.3 is 0 Å². The number of rotatable bonds is 11. The molecule has 1 aliphatic heterocycles. The quantitative estimate of drug-likeness (QED) is 0.228. The van der Waals surface area contributed by atoms with E-state index in [4.69, 9.17) is 28.9 Å². The second kappa shape index (κ2) is 12.5. The van der Waals surface area contributed by atoms with E-state index in [9.17, 15) is 0 Å². The van der Waals surface area contributed by atoms with Crippen molar-refractivity contribution in [2.45, 2.75) is 25.9 Å². The molecule has 43 heavy (non-hydrogen) atoms. The number of methoxy groups -OCH3 is 4. The maximum Gasteiger partial charge on any atom is 0.224 e. The fourth-order valence-electron chi connectivity index (χ4n) is 5.55. The Morgan fingerprint density at radius 3 is 2.23 bits per heavy atom. The van der Waals surface area contributed by atoms with E-state index in [0.29, 0.717) is 37.1 Å². The molecule has 0 unspecified atom stereocenters. The predicted octanol–water partition coefficient (Wildman–Crippen LogP) is 5.13. The average Bonchev–Trinajstić information content (AvgIpc) is 3.41. The Hall–Kier alpha value is -4.99. The molecule has 0 saturated heterocycles. The number of benzene rings is 3. The minimum absolute atomic E-state index is 0.564. The van der Waals surface area contributed by atoms with E-state index in [1.807, 2.05) is 24.3 Å². The van der Waals surface area contributed by atoms with Crippen LogP contribution in [0.5, 0.6) is 23.0 Å². The van der Waals surface area contributed by atoms with Crippen molar-refractivity contribution in [1.82, 2.24) is 19.5 Å². The Bertz CT molecular complexity index is 1720. The van der Waals surface area contributed by atoms with Crippen molar-refractivity contribution in [2.24, 2.45) is 0 Å². The van der Waals surface area contributed by atoms with Crippen molar-refractivity contribution in [3.8, 4) is 23.0 Å². The summed E-state index contributed by atoms with van der Waals surface area (Å²) in [6.07, 6.45) is 3.45. The average molecular weight is 581 g/mol. The summed E-state index contributed by atoms with van der Waals surface area (Å²) < 4.78 is 24.1. The van der Waals surface area contributed by atoms with Gasteiger partial charge in [-0.05, 0) is 59.4 Å². The van der Waals surface area contributed by atoms with Crippen LogP contribution in [0.25, 0.3) is 11.2 Å². The summed E-state index contributed by atoms with van der Waals surface area (Å²) in [6.45, 7) is 2.83. The predicted molar refractivity (Wildman–Crippen MR) is 167 cm³/mol. The van der Waals surface area contributed by atoms with E-state index in [0.717, 1.165) is 53.6 Å². The van der Waals surface area contributed by atoms with Gasteiger partial charge in [0.25, 0.3) is 0 Å².